The third kappa shape index (κ3) is 3.97. The van der Waals surface area contributed by atoms with Crippen molar-refractivity contribution in [3.8, 4) is 0 Å². The number of benzene rings is 1. The molecule has 5 rings (SSSR count). The van der Waals surface area contributed by atoms with Gasteiger partial charge in [-0.1, -0.05) is 30.3 Å². The van der Waals surface area contributed by atoms with E-state index in [1.54, 1.807) is 11.8 Å². The van der Waals surface area contributed by atoms with Crippen LogP contribution in [0.3, 0.4) is 0 Å². The second-order valence-corrected chi connectivity index (χ2v) is 10.2. The van der Waals surface area contributed by atoms with Crippen molar-refractivity contribution in [1.29, 1.82) is 0 Å². The molecule has 2 N–H and O–H groups in total. The standard InChI is InChI=1S/C25H32F3N5O/c1-17-20(14-30-21(31-17)25(26,27)28)32-16-23(33(22(32)34)15-18-8-9-18)10-12-24(29-2,13-11-23)19-6-4-3-5-7-19/h3-7,14,17-18,29H,8-13,15-16H2,1-2H3,(H,30,31)/t17?,23-,24+. The molecule has 34 heavy (non-hydrogen) atoms. The number of rotatable bonds is 5. The maximum atomic E-state index is 13.7. The van der Waals surface area contributed by atoms with Crippen LogP contribution in [0.15, 0.2) is 47.2 Å². The van der Waals surface area contributed by atoms with E-state index in [-0.39, 0.29) is 17.1 Å². The van der Waals surface area contributed by atoms with Crippen molar-refractivity contribution in [1.82, 2.24) is 20.4 Å². The van der Waals surface area contributed by atoms with Gasteiger partial charge < -0.3 is 15.5 Å². The predicted octanol–water partition coefficient (Wildman–Crippen LogP) is 4.36. The third-order valence-corrected chi connectivity index (χ3v) is 8.17. The highest BCUT2D eigenvalue weighted by Gasteiger charge is 2.55. The van der Waals surface area contributed by atoms with E-state index in [0.29, 0.717) is 18.2 Å². The normalized spacial score (nSPS) is 32.0. The number of urea groups is 1. The van der Waals surface area contributed by atoms with E-state index < -0.39 is 18.1 Å². The van der Waals surface area contributed by atoms with Gasteiger partial charge in [0.15, 0.2) is 0 Å². The molecule has 4 aliphatic rings. The molecule has 184 valence electrons. The summed E-state index contributed by atoms with van der Waals surface area (Å²) in [6, 6.07) is 9.67. The molecule has 1 atom stereocenters. The van der Waals surface area contributed by atoms with Crippen LogP contribution >= 0.6 is 0 Å². The minimum absolute atomic E-state index is 0.103. The number of carbonyl (C=O) groups excluding carboxylic acids is 1. The van der Waals surface area contributed by atoms with Crippen molar-refractivity contribution >= 4 is 11.9 Å². The first-order chi connectivity index (χ1) is 16.2. The Morgan fingerprint density at radius 3 is 2.38 bits per heavy atom. The molecule has 1 unspecified atom stereocenters. The van der Waals surface area contributed by atoms with Crippen molar-refractivity contribution in [2.75, 3.05) is 20.1 Å². The number of hydrogen-bond donors (Lipinski definition) is 2. The first-order valence-corrected chi connectivity index (χ1v) is 12.1. The summed E-state index contributed by atoms with van der Waals surface area (Å²) < 4.78 is 39.4. The van der Waals surface area contributed by atoms with Gasteiger partial charge in [-0.15, -0.1) is 0 Å². The van der Waals surface area contributed by atoms with Crippen molar-refractivity contribution in [2.45, 2.75) is 68.7 Å². The zero-order chi connectivity index (χ0) is 24.1. The Balaban J connectivity index is 1.42. The zero-order valence-corrected chi connectivity index (χ0v) is 19.7. The molecule has 2 aliphatic carbocycles. The molecule has 0 radical (unpaired) electrons. The highest BCUT2D eigenvalue weighted by atomic mass is 19.4. The van der Waals surface area contributed by atoms with Gasteiger partial charge in [-0.25, -0.2) is 9.79 Å². The van der Waals surface area contributed by atoms with Crippen LogP contribution < -0.4 is 10.6 Å². The lowest BCUT2D eigenvalue weighted by atomic mass is 9.69. The Morgan fingerprint density at radius 2 is 1.82 bits per heavy atom. The van der Waals surface area contributed by atoms with Gasteiger partial charge in [0.25, 0.3) is 0 Å². The molecule has 0 bridgehead atoms. The number of hydrogen-bond acceptors (Lipinski definition) is 4. The number of amidine groups is 1. The molecular formula is C25H32F3N5O. The van der Waals surface area contributed by atoms with Gasteiger partial charge in [-0.2, -0.15) is 13.2 Å². The number of alkyl halides is 3. The summed E-state index contributed by atoms with van der Waals surface area (Å²) in [5.74, 6) is -0.490. The highest BCUT2D eigenvalue weighted by Crippen LogP contribution is 2.48. The van der Waals surface area contributed by atoms with Crippen LogP contribution in [0.5, 0.6) is 0 Å². The molecule has 1 saturated heterocycles. The fraction of sp³-hybridized carbons (Fsp3) is 0.600. The number of halogens is 3. The van der Waals surface area contributed by atoms with Crippen LogP contribution in [0.1, 0.15) is 51.0 Å². The van der Waals surface area contributed by atoms with Gasteiger partial charge >= 0.3 is 12.2 Å². The van der Waals surface area contributed by atoms with Gasteiger partial charge in [0.05, 0.1) is 30.0 Å². The highest BCUT2D eigenvalue weighted by molar-refractivity contribution is 5.90. The van der Waals surface area contributed by atoms with Crippen LogP contribution in [0, 0.1) is 5.92 Å². The molecule has 2 saturated carbocycles. The average Bonchev–Trinajstić information content (AvgIpc) is 3.61. The minimum Gasteiger partial charge on any atom is -0.358 e. The van der Waals surface area contributed by atoms with E-state index in [2.05, 4.69) is 39.9 Å². The summed E-state index contributed by atoms with van der Waals surface area (Å²) >= 11 is 0. The molecule has 1 aromatic rings. The Bertz CT molecular complexity index is 994. The summed E-state index contributed by atoms with van der Waals surface area (Å²) in [6.07, 6.45) is 2.39. The van der Waals surface area contributed by atoms with Crippen LogP contribution in [-0.2, 0) is 5.54 Å². The monoisotopic (exact) mass is 475 g/mol. The zero-order valence-electron chi connectivity index (χ0n) is 19.7. The quantitative estimate of drug-likeness (QED) is 0.666. The fourth-order valence-corrected chi connectivity index (χ4v) is 5.86. The van der Waals surface area contributed by atoms with E-state index in [1.165, 1.54) is 11.8 Å². The Kier molecular flexibility index (Phi) is 5.66. The van der Waals surface area contributed by atoms with Crippen molar-refractivity contribution in [3.05, 3.63) is 47.8 Å². The second kappa shape index (κ2) is 8.29. The molecule has 2 amide bonds. The number of nitrogens with zero attached hydrogens (tertiary/aromatic N) is 3. The van der Waals surface area contributed by atoms with Gasteiger partial charge in [0.2, 0.25) is 5.84 Å². The summed E-state index contributed by atoms with van der Waals surface area (Å²) in [5.41, 5.74) is 1.30. The average molecular weight is 476 g/mol. The van der Waals surface area contributed by atoms with Gasteiger partial charge in [-0.05, 0) is 64.0 Å². The number of aliphatic imine (C=N–C) groups is 1. The molecule has 1 spiro atoms. The van der Waals surface area contributed by atoms with Crippen LogP contribution in [0.25, 0.3) is 0 Å². The van der Waals surface area contributed by atoms with Crippen molar-refractivity contribution in [3.63, 3.8) is 0 Å². The molecule has 2 heterocycles. The van der Waals surface area contributed by atoms with Crippen molar-refractivity contribution in [2.24, 2.45) is 10.9 Å². The maximum absolute atomic E-state index is 13.7. The van der Waals surface area contributed by atoms with Gasteiger partial charge in [0.1, 0.15) is 0 Å². The maximum Gasteiger partial charge on any atom is 0.449 e. The predicted molar refractivity (Wildman–Crippen MR) is 124 cm³/mol. The Morgan fingerprint density at radius 1 is 1.15 bits per heavy atom. The van der Waals surface area contributed by atoms with Crippen molar-refractivity contribution < 1.29 is 18.0 Å². The lowest BCUT2D eigenvalue weighted by Crippen LogP contribution is -2.55. The number of nitrogens with one attached hydrogen (secondary N) is 2. The second-order valence-electron chi connectivity index (χ2n) is 10.2. The molecule has 3 fully saturated rings. The summed E-state index contributed by atoms with van der Waals surface area (Å²) in [5, 5.41) is 6.00. The van der Waals surface area contributed by atoms with E-state index in [1.807, 2.05) is 18.0 Å². The van der Waals surface area contributed by atoms with E-state index >= 15 is 0 Å². The molecular weight excluding hydrogens is 443 g/mol. The van der Waals surface area contributed by atoms with Gasteiger partial charge in [0, 0.05) is 12.1 Å². The van der Waals surface area contributed by atoms with Crippen LogP contribution in [-0.4, -0.2) is 59.6 Å². The third-order valence-electron chi connectivity index (χ3n) is 8.17. The topological polar surface area (TPSA) is 60.0 Å². The molecule has 2 aliphatic heterocycles. The summed E-state index contributed by atoms with van der Waals surface area (Å²) in [4.78, 5) is 21.0. The molecule has 9 heteroatoms. The lowest BCUT2D eigenvalue weighted by Gasteiger charge is -2.48. The van der Waals surface area contributed by atoms with Crippen LogP contribution in [0.4, 0.5) is 18.0 Å². The van der Waals surface area contributed by atoms with E-state index in [0.717, 1.165) is 45.1 Å². The molecule has 0 aromatic heterocycles. The Hall–Kier alpha value is -2.55. The van der Waals surface area contributed by atoms with Crippen LogP contribution in [0.2, 0.25) is 0 Å². The lowest BCUT2D eigenvalue weighted by molar-refractivity contribution is -0.0624. The van der Waals surface area contributed by atoms with Gasteiger partial charge in [-0.3, -0.25) is 4.90 Å². The largest absolute Gasteiger partial charge is 0.449 e. The number of amides is 2. The Labute approximate surface area is 198 Å². The smallest absolute Gasteiger partial charge is 0.358 e. The SMILES string of the molecule is CN[C@]1(c2ccccc2)CC[C@]2(CC1)CN(C1=CN=C(C(F)(F)F)NC1C)C(=O)N2CC1CC1. The molecule has 6 nitrogen and oxygen atoms in total. The fourth-order valence-electron chi connectivity index (χ4n) is 5.86. The van der Waals surface area contributed by atoms with E-state index in [4.69, 9.17) is 0 Å². The first kappa shape index (κ1) is 23.2. The number of carbonyl (C=O) groups is 1. The summed E-state index contributed by atoms with van der Waals surface area (Å²) in [7, 11) is 2.00. The first-order valence-electron chi connectivity index (χ1n) is 12.1. The minimum atomic E-state index is -4.54. The summed E-state index contributed by atoms with van der Waals surface area (Å²) in [6.45, 7) is 2.86. The van der Waals surface area contributed by atoms with E-state index in [9.17, 15) is 18.0 Å². The molecule has 1 aromatic carbocycles.